The fourth-order valence-electron chi connectivity index (χ4n) is 2.25. The van der Waals surface area contributed by atoms with Gasteiger partial charge in [0.25, 0.3) is 5.56 Å². The van der Waals surface area contributed by atoms with Gasteiger partial charge in [-0.15, -0.1) is 0 Å². The Kier molecular flexibility index (Phi) is 2.33. The fraction of sp³-hybridized carbons (Fsp3) is 0.133. The standard InChI is InChI=1S/C15H14N2O/c1-11-9-15(18)17(16(11)2)14-8-7-12-5-3-4-6-13(12)10-14/h3-10H,1-2H3. The molecule has 0 radical (unpaired) electrons. The zero-order chi connectivity index (χ0) is 12.7. The maximum atomic E-state index is 11.9. The molecule has 0 amide bonds. The third-order valence-electron chi connectivity index (χ3n) is 3.33. The van der Waals surface area contributed by atoms with E-state index in [1.165, 1.54) is 5.39 Å². The molecule has 0 fully saturated rings. The first-order chi connectivity index (χ1) is 8.66. The smallest absolute Gasteiger partial charge is 0.271 e. The average molecular weight is 238 g/mol. The number of nitrogens with zero attached hydrogens (tertiary/aromatic N) is 2. The van der Waals surface area contributed by atoms with Crippen LogP contribution in [-0.4, -0.2) is 9.36 Å². The van der Waals surface area contributed by atoms with Crippen molar-refractivity contribution in [1.82, 2.24) is 9.36 Å². The van der Waals surface area contributed by atoms with Crippen molar-refractivity contribution in [3.8, 4) is 5.69 Å². The number of rotatable bonds is 1. The number of aryl methyl sites for hydroxylation is 1. The van der Waals surface area contributed by atoms with E-state index in [2.05, 4.69) is 12.1 Å². The summed E-state index contributed by atoms with van der Waals surface area (Å²) in [6.07, 6.45) is 0. The molecule has 0 N–H and O–H groups in total. The molecule has 0 aliphatic carbocycles. The van der Waals surface area contributed by atoms with E-state index in [-0.39, 0.29) is 5.56 Å². The molecule has 0 atom stereocenters. The van der Waals surface area contributed by atoms with Crippen LogP contribution in [0.2, 0.25) is 0 Å². The quantitative estimate of drug-likeness (QED) is 0.640. The molecule has 3 heteroatoms. The Morgan fingerprint density at radius 1 is 0.944 bits per heavy atom. The lowest BCUT2D eigenvalue weighted by Crippen LogP contribution is -2.19. The van der Waals surface area contributed by atoms with Gasteiger partial charge in [-0.25, -0.2) is 4.68 Å². The van der Waals surface area contributed by atoms with Gasteiger partial charge in [-0.2, -0.15) is 0 Å². The second-order valence-electron chi connectivity index (χ2n) is 4.49. The molecule has 18 heavy (non-hydrogen) atoms. The SMILES string of the molecule is Cc1cc(=O)n(-c2ccc3ccccc3c2)n1C. The highest BCUT2D eigenvalue weighted by molar-refractivity contribution is 5.84. The van der Waals surface area contributed by atoms with Crippen LogP contribution < -0.4 is 5.56 Å². The van der Waals surface area contributed by atoms with Gasteiger partial charge in [-0.05, 0) is 29.8 Å². The lowest BCUT2D eigenvalue weighted by molar-refractivity contribution is 0.630. The van der Waals surface area contributed by atoms with Crippen molar-refractivity contribution in [2.75, 3.05) is 0 Å². The summed E-state index contributed by atoms with van der Waals surface area (Å²) in [6, 6.07) is 15.8. The molecule has 0 saturated carbocycles. The lowest BCUT2D eigenvalue weighted by atomic mass is 10.1. The summed E-state index contributed by atoms with van der Waals surface area (Å²) < 4.78 is 3.55. The molecular weight excluding hydrogens is 224 g/mol. The third kappa shape index (κ3) is 1.56. The Hall–Kier alpha value is -2.29. The van der Waals surface area contributed by atoms with Crippen molar-refractivity contribution in [1.29, 1.82) is 0 Å². The topological polar surface area (TPSA) is 26.9 Å². The molecule has 0 bridgehead atoms. The molecule has 90 valence electrons. The molecule has 2 aromatic carbocycles. The van der Waals surface area contributed by atoms with Gasteiger partial charge in [-0.3, -0.25) is 9.48 Å². The van der Waals surface area contributed by atoms with Crippen LogP contribution in [0.25, 0.3) is 16.5 Å². The minimum atomic E-state index is 0.00489. The van der Waals surface area contributed by atoms with Crippen LogP contribution in [0.1, 0.15) is 5.69 Å². The third-order valence-corrected chi connectivity index (χ3v) is 3.33. The zero-order valence-electron chi connectivity index (χ0n) is 10.4. The van der Waals surface area contributed by atoms with Crippen molar-refractivity contribution >= 4 is 10.8 Å². The maximum Gasteiger partial charge on any atom is 0.271 e. The molecule has 3 aromatic rings. The highest BCUT2D eigenvalue weighted by atomic mass is 16.1. The Bertz CT molecular complexity index is 781. The summed E-state index contributed by atoms with van der Waals surface area (Å²) in [5, 5.41) is 2.32. The van der Waals surface area contributed by atoms with E-state index < -0.39 is 0 Å². The number of hydrogen-bond acceptors (Lipinski definition) is 1. The first-order valence-electron chi connectivity index (χ1n) is 5.91. The lowest BCUT2D eigenvalue weighted by Gasteiger charge is -2.09. The normalized spacial score (nSPS) is 11.0. The number of aromatic nitrogens is 2. The van der Waals surface area contributed by atoms with E-state index in [0.29, 0.717) is 0 Å². The van der Waals surface area contributed by atoms with Gasteiger partial charge in [0.1, 0.15) is 0 Å². The van der Waals surface area contributed by atoms with Crippen LogP contribution in [0.3, 0.4) is 0 Å². The minimum Gasteiger partial charge on any atom is -0.285 e. The summed E-state index contributed by atoms with van der Waals surface area (Å²) in [5.41, 5.74) is 1.85. The predicted molar refractivity (Wildman–Crippen MR) is 73.3 cm³/mol. The minimum absolute atomic E-state index is 0.00489. The second-order valence-corrected chi connectivity index (χ2v) is 4.49. The molecule has 0 spiro atoms. The van der Waals surface area contributed by atoms with Gasteiger partial charge in [0.15, 0.2) is 0 Å². The van der Waals surface area contributed by atoms with Crippen LogP contribution in [0.5, 0.6) is 0 Å². The van der Waals surface area contributed by atoms with Crippen molar-refractivity contribution in [2.45, 2.75) is 6.92 Å². The summed E-state index contributed by atoms with van der Waals surface area (Å²) in [6.45, 7) is 1.93. The second kappa shape index (κ2) is 3.88. The Morgan fingerprint density at radius 2 is 1.67 bits per heavy atom. The maximum absolute atomic E-state index is 11.9. The molecule has 3 nitrogen and oxygen atoms in total. The summed E-state index contributed by atoms with van der Waals surface area (Å²) in [7, 11) is 1.89. The molecule has 0 unspecified atom stereocenters. The van der Waals surface area contributed by atoms with Crippen LogP contribution in [0.15, 0.2) is 53.3 Å². The van der Waals surface area contributed by atoms with E-state index in [0.717, 1.165) is 16.8 Å². The van der Waals surface area contributed by atoms with Gasteiger partial charge in [0.2, 0.25) is 0 Å². The van der Waals surface area contributed by atoms with E-state index in [1.807, 2.05) is 49.0 Å². The van der Waals surface area contributed by atoms with E-state index >= 15 is 0 Å². The first kappa shape index (κ1) is 10.8. The van der Waals surface area contributed by atoms with Gasteiger partial charge in [0.05, 0.1) is 5.69 Å². The van der Waals surface area contributed by atoms with Crippen LogP contribution in [-0.2, 0) is 7.05 Å². The molecule has 0 aliphatic rings. The molecule has 1 heterocycles. The Balaban J connectivity index is 2.29. The Labute approximate surface area is 105 Å². The highest BCUT2D eigenvalue weighted by Gasteiger charge is 2.07. The van der Waals surface area contributed by atoms with Gasteiger partial charge in [0, 0.05) is 18.8 Å². The van der Waals surface area contributed by atoms with Crippen LogP contribution in [0.4, 0.5) is 0 Å². The number of benzene rings is 2. The molecular formula is C15H14N2O. The average Bonchev–Trinajstić information content (AvgIpc) is 2.63. The van der Waals surface area contributed by atoms with E-state index in [9.17, 15) is 4.79 Å². The molecule has 1 aromatic heterocycles. The van der Waals surface area contributed by atoms with Gasteiger partial charge >= 0.3 is 0 Å². The van der Waals surface area contributed by atoms with Crippen molar-refractivity contribution in [3.63, 3.8) is 0 Å². The molecule has 0 saturated heterocycles. The highest BCUT2D eigenvalue weighted by Crippen LogP contribution is 2.17. The fourth-order valence-corrected chi connectivity index (χ4v) is 2.25. The van der Waals surface area contributed by atoms with Crippen LogP contribution >= 0.6 is 0 Å². The van der Waals surface area contributed by atoms with E-state index in [1.54, 1.807) is 10.7 Å². The predicted octanol–water partition coefficient (Wildman–Crippen LogP) is 2.64. The van der Waals surface area contributed by atoms with Gasteiger partial charge < -0.3 is 0 Å². The van der Waals surface area contributed by atoms with Crippen molar-refractivity contribution in [3.05, 3.63) is 64.6 Å². The molecule has 0 aliphatic heterocycles. The van der Waals surface area contributed by atoms with Crippen LogP contribution in [0, 0.1) is 6.92 Å². The summed E-state index contributed by atoms with van der Waals surface area (Å²) in [5.74, 6) is 0. The summed E-state index contributed by atoms with van der Waals surface area (Å²) >= 11 is 0. The van der Waals surface area contributed by atoms with Crippen molar-refractivity contribution in [2.24, 2.45) is 7.05 Å². The summed E-state index contributed by atoms with van der Waals surface area (Å²) in [4.78, 5) is 11.9. The van der Waals surface area contributed by atoms with Crippen molar-refractivity contribution < 1.29 is 0 Å². The van der Waals surface area contributed by atoms with Gasteiger partial charge in [-0.1, -0.05) is 30.3 Å². The first-order valence-corrected chi connectivity index (χ1v) is 5.91. The largest absolute Gasteiger partial charge is 0.285 e. The van der Waals surface area contributed by atoms with E-state index in [4.69, 9.17) is 0 Å². The zero-order valence-corrected chi connectivity index (χ0v) is 10.4. The monoisotopic (exact) mass is 238 g/mol. The Morgan fingerprint density at radius 3 is 2.33 bits per heavy atom. The molecule has 3 rings (SSSR count). The number of hydrogen-bond donors (Lipinski definition) is 0. The number of fused-ring (bicyclic) bond motifs is 1.